The van der Waals surface area contributed by atoms with Crippen LogP contribution in [0, 0.1) is 0 Å². The average Bonchev–Trinajstić information content (AvgIpc) is 2.55. The van der Waals surface area contributed by atoms with E-state index in [0.717, 1.165) is 0 Å². The summed E-state index contributed by atoms with van der Waals surface area (Å²) < 4.78 is 5.46. The van der Waals surface area contributed by atoms with Crippen LogP contribution in [0.2, 0.25) is 0 Å². The Balaban J connectivity index is 1.81. The molecule has 0 spiro atoms. The zero-order valence-electron chi connectivity index (χ0n) is 12.6. The number of benzene rings is 2. The smallest absolute Gasteiger partial charge is 0.0867 e. The molecule has 108 valence electrons. The van der Waals surface area contributed by atoms with Gasteiger partial charge in [-0.1, -0.05) is 74.5 Å². The monoisotopic (exact) mass is 278 g/mol. The van der Waals surface area contributed by atoms with E-state index < -0.39 is 0 Å². The summed E-state index contributed by atoms with van der Waals surface area (Å²) in [6.07, 6.45) is 7.64. The summed E-state index contributed by atoms with van der Waals surface area (Å²) in [6.45, 7) is 4.32. The molecule has 1 nitrogen and oxygen atoms in total. The second kappa shape index (κ2) is 8.11. The van der Waals surface area contributed by atoms with E-state index in [2.05, 4.69) is 74.5 Å². The van der Waals surface area contributed by atoms with Gasteiger partial charge in [0.2, 0.25) is 0 Å². The molecule has 0 aliphatic carbocycles. The first-order valence-corrected chi connectivity index (χ1v) is 7.36. The van der Waals surface area contributed by atoms with E-state index in [1.165, 1.54) is 11.1 Å². The lowest BCUT2D eigenvalue weighted by atomic mass is 10.0. The van der Waals surface area contributed by atoms with Crippen LogP contribution >= 0.6 is 0 Å². The molecule has 0 aliphatic rings. The molecule has 0 fully saturated rings. The highest BCUT2D eigenvalue weighted by Gasteiger charge is 2.00. The fourth-order valence-electron chi connectivity index (χ4n) is 2.11. The Labute approximate surface area is 127 Å². The Kier molecular flexibility index (Phi) is 5.83. The van der Waals surface area contributed by atoms with Crippen molar-refractivity contribution >= 4 is 0 Å². The van der Waals surface area contributed by atoms with E-state index in [9.17, 15) is 0 Å². The first-order chi connectivity index (χ1) is 10.3. The van der Waals surface area contributed by atoms with Crippen LogP contribution in [0.1, 0.15) is 36.8 Å². The van der Waals surface area contributed by atoms with Gasteiger partial charge in [-0.25, -0.2) is 0 Å². The van der Waals surface area contributed by atoms with Crippen molar-refractivity contribution in [1.29, 1.82) is 0 Å². The molecule has 0 aromatic heterocycles. The molecular formula is C20H22O. The summed E-state index contributed by atoms with van der Waals surface area (Å²) in [5.41, 5.74) is 2.58. The number of hydrogen-bond donors (Lipinski definition) is 0. The second-order valence-corrected chi connectivity index (χ2v) is 5.19. The van der Waals surface area contributed by atoms with Crippen molar-refractivity contribution in [3.63, 3.8) is 0 Å². The third-order valence-corrected chi connectivity index (χ3v) is 3.54. The summed E-state index contributed by atoms with van der Waals surface area (Å²) in [6, 6.07) is 20.8. The molecule has 0 bridgehead atoms. The molecule has 2 rings (SSSR count). The van der Waals surface area contributed by atoms with E-state index in [1.54, 1.807) is 12.5 Å². The van der Waals surface area contributed by atoms with Gasteiger partial charge in [0.25, 0.3) is 0 Å². The summed E-state index contributed by atoms with van der Waals surface area (Å²) in [7, 11) is 0. The normalized spacial score (nSPS) is 14.4. The molecule has 2 unspecified atom stereocenters. The second-order valence-electron chi connectivity index (χ2n) is 5.19. The number of hydrogen-bond acceptors (Lipinski definition) is 1. The maximum Gasteiger partial charge on any atom is 0.0867 e. The first kappa shape index (κ1) is 15.1. The fraction of sp³-hybridized carbons (Fsp3) is 0.200. The van der Waals surface area contributed by atoms with E-state index in [-0.39, 0.29) is 0 Å². The third kappa shape index (κ3) is 4.96. The number of rotatable bonds is 6. The molecular weight excluding hydrogens is 256 g/mol. The minimum Gasteiger partial charge on any atom is -0.473 e. The quantitative estimate of drug-likeness (QED) is 0.621. The Hall–Kier alpha value is -2.28. The van der Waals surface area contributed by atoms with Gasteiger partial charge >= 0.3 is 0 Å². The Morgan fingerprint density at radius 1 is 0.667 bits per heavy atom. The van der Waals surface area contributed by atoms with E-state index in [4.69, 9.17) is 4.74 Å². The van der Waals surface area contributed by atoms with Gasteiger partial charge in [0.05, 0.1) is 12.5 Å². The van der Waals surface area contributed by atoms with Crippen molar-refractivity contribution in [2.24, 2.45) is 0 Å². The van der Waals surface area contributed by atoms with E-state index >= 15 is 0 Å². The summed E-state index contributed by atoms with van der Waals surface area (Å²) in [5, 5.41) is 0. The van der Waals surface area contributed by atoms with Gasteiger partial charge < -0.3 is 4.74 Å². The molecule has 0 amide bonds. The Morgan fingerprint density at radius 3 is 1.43 bits per heavy atom. The van der Waals surface area contributed by atoms with Crippen molar-refractivity contribution in [2.75, 3.05) is 0 Å². The highest BCUT2D eigenvalue weighted by Crippen LogP contribution is 2.17. The van der Waals surface area contributed by atoms with Gasteiger partial charge in [0.1, 0.15) is 0 Å². The van der Waals surface area contributed by atoms with Crippen molar-refractivity contribution in [1.82, 2.24) is 0 Å². The van der Waals surface area contributed by atoms with E-state index in [1.807, 2.05) is 12.1 Å². The molecule has 2 atom stereocenters. The molecule has 2 aromatic carbocycles. The van der Waals surface area contributed by atoms with Gasteiger partial charge in [0.15, 0.2) is 0 Å². The standard InChI is InChI=1S/C20H22O/c1-17(19-9-5-3-6-10-19)13-15-21-16-14-18(2)20-11-7-4-8-12-20/h3-18H,1-2H3/b15-13+,16-14+. The van der Waals surface area contributed by atoms with Gasteiger partial charge in [-0.05, 0) is 23.3 Å². The third-order valence-electron chi connectivity index (χ3n) is 3.54. The topological polar surface area (TPSA) is 9.23 Å². The van der Waals surface area contributed by atoms with Crippen LogP contribution in [0.3, 0.4) is 0 Å². The molecule has 21 heavy (non-hydrogen) atoms. The zero-order chi connectivity index (χ0) is 14.9. The molecule has 0 aliphatic heterocycles. The molecule has 2 aromatic rings. The summed E-state index contributed by atoms with van der Waals surface area (Å²) in [4.78, 5) is 0. The van der Waals surface area contributed by atoms with Gasteiger partial charge in [0, 0.05) is 11.8 Å². The highest BCUT2D eigenvalue weighted by molar-refractivity contribution is 5.23. The SMILES string of the molecule is CC(/C=C/O/C=C/C(C)c1ccccc1)c1ccccc1. The van der Waals surface area contributed by atoms with E-state index in [0.29, 0.717) is 11.8 Å². The van der Waals surface area contributed by atoms with Gasteiger partial charge in [-0.2, -0.15) is 0 Å². The lowest BCUT2D eigenvalue weighted by Gasteiger charge is -2.06. The molecule has 0 radical (unpaired) electrons. The van der Waals surface area contributed by atoms with Crippen LogP contribution in [0.25, 0.3) is 0 Å². The number of ether oxygens (including phenoxy) is 1. The largest absolute Gasteiger partial charge is 0.473 e. The summed E-state index contributed by atoms with van der Waals surface area (Å²) in [5.74, 6) is 0.706. The van der Waals surface area contributed by atoms with Crippen LogP contribution in [-0.2, 0) is 4.74 Å². The summed E-state index contributed by atoms with van der Waals surface area (Å²) >= 11 is 0. The molecule has 0 saturated heterocycles. The average molecular weight is 278 g/mol. The lowest BCUT2D eigenvalue weighted by Crippen LogP contribution is -1.89. The molecule has 1 heteroatoms. The van der Waals surface area contributed by atoms with Crippen molar-refractivity contribution in [3.05, 3.63) is 96.5 Å². The van der Waals surface area contributed by atoms with Crippen LogP contribution in [0.5, 0.6) is 0 Å². The highest BCUT2D eigenvalue weighted by atomic mass is 16.5. The van der Waals surface area contributed by atoms with Crippen LogP contribution in [0.4, 0.5) is 0 Å². The number of allylic oxidation sites excluding steroid dienone is 2. The van der Waals surface area contributed by atoms with Crippen molar-refractivity contribution in [2.45, 2.75) is 25.7 Å². The predicted molar refractivity (Wildman–Crippen MR) is 89.1 cm³/mol. The molecule has 0 N–H and O–H groups in total. The fourth-order valence-corrected chi connectivity index (χ4v) is 2.11. The lowest BCUT2D eigenvalue weighted by molar-refractivity contribution is 0.397. The minimum absolute atomic E-state index is 0.353. The minimum atomic E-state index is 0.353. The van der Waals surface area contributed by atoms with Crippen LogP contribution in [0.15, 0.2) is 85.3 Å². The molecule has 0 heterocycles. The Bertz CT molecular complexity index is 516. The van der Waals surface area contributed by atoms with Crippen LogP contribution < -0.4 is 0 Å². The molecule has 0 saturated carbocycles. The van der Waals surface area contributed by atoms with Crippen molar-refractivity contribution in [3.8, 4) is 0 Å². The van der Waals surface area contributed by atoms with Gasteiger partial charge in [-0.3, -0.25) is 0 Å². The maximum absolute atomic E-state index is 5.46. The van der Waals surface area contributed by atoms with Crippen LogP contribution in [-0.4, -0.2) is 0 Å². The first-order valence-electron chi connectivity index (χ1n) is 7.36. The zero-order valence-corrected chi connectivity index (χ0v) is 12.6. The predicted octanol–water partition coefficient (Wildman–Crippen LogP) is 5.64. The maximum atomic E-state index is 5.46. The van der Waals surface area contributed by atoms with Crippen molar-refractivity contribution < 1.29 is 4.74 Å². The Morgan fingerprint density at radius 2 is 1.05 bits per heavy atom. The van der Waals surface area contributed by atoms with Gasteiger partial charge in [-0.15, -0.1) is 0 Å².